The van der Waals surface area contributed by atoms with Gasteiger partial charge < -0.3 is 53.4 Å². The molecule has 2 aromatic rings. The number of amides is 1. The molecule has 1 heterocycles. The van der Waals surface area contributed by atoms with E-state index in [1.165, 1.54) is 28.1 Å². The molecule has 1 saturated heterocycles. The van der Waals surface area contributed by atoms with Gasteiger partial charge in [-0.25, -0.2) is 14.4 Å². The van der Waals surface area contributed by atoms with Crippen molar-refractivity contribution < 1.29 is 76.9 Å². The standard InChI is InChI=1S/C45H57NO14.C4H8O2/c1-24-28(57-39(51)33(48)32(26-17-13-11-14-18-26)46-40(52)60-41(3,4)5)22-45(53)37(58-38(50)27-19-15-12-16-20-27)35-43(8,36(49)34(55-10)31(24)42(45,6)7)29(54-9)21-30-44(35,23-56-30)59-25(2)47;1-3-6-4(2)5/h11-20,28-30,32-35,37,48,53H,21-23H2,1-10H3,(H,46,52);3H2,1-2H3/t28-,29-,30+,32-,33+,34+,35?,37-,43+,44-,45+;/m0./s1. The molecule has 2 bridgehead atoms. The van der Waals surface area contributed by atoms with Gasteiger partial charge >= 0.3 is 30.0 Å². The fraction of sp³-hybridized carbons (Fsp3) is 0.592. The number of nitrogens with one attached hydrogen (secondary N) is 1. The first kappa shape index (κ1) is 51.8. The second kappa shape index (κ2) is 20.0. The number of rotatable bonds is 11. The van der Waals surface area contributed by atoms with Gasteiger partial charge in [-0.3, -0.25) is 14.4 Å². The van der Waals surface area contributed by atoms with Crippen molar-refractivity contribution in [2.45, 2.75) is 142 Å². The molecular formula is C49H65NO16. The lowest BCUT2D eigenvalue weighted by atomic mass is 9.44. The molecular weight excluding hydrogens is 859 g/mol. The molecule has 1 amide bonds. The van der Waals surface area contributed by atoms with E-state index in [0.717, 1.165) is 0 Å². The number of aliphatic hydroxyl groups excluding tert-OH is 1. The SMILES string of the molecule is CCOC(C)=O.CO[C@H]1C(=O)[C@@]2(C)C([C@H](OC(=O)c3ccccc3)[C@]3(O)C[C@H](OC(=O)[C@H](O)[C@@H](NC(=O)OC(C)(C)C)c4ccccc4)C(C)=C1C3(C)C)[C@]1(OC(C)=O)CO[C@@H]1C[C@@H]2OC. The Morgan fingerprint density at radius 3 is 2.00 bits per heavy atom. The first-order valence-electron chi connectivity index (χ1n) is 22.0. The van der Waals surface area contributed by atoms with Crippen LogP contribution >= 0.6 is 0 Å². The van der Waals surface area contributed by atoms with Gasteiger partial charge in [-0.15, -0.1) is 0 Å². The predicted octanol–water partition coefficient (Wildman–Crippen LogP) is 5.14. The number of hydrogen-bond acceptors (Lipinski definition) is 16. The Morgan fingerprint density at radius 2 is 1.52 bits per heavy atom. The van der Waals surface area contributed by atoms with Crippen LogP contribution in [0, 0.1) is 16.7 Å². The number of benzene rings is 2. The highest BCUT2D eigenvalue weighted by Gasteiger charge is 2.78. The summed E-state index contributed by atoms with van der Waals surface area (Å²) in [6.45, 7) is 16.4. The van der Waals surface area contributed by atoms with Gasteiger partial charge in [0.15, 0.2) is 17.5 Å². The van der Waals surface area contributed by atoms with Crippen molar-refractivity contribution in [1.29, 1.82) is 0 Å². The summed E-state index contributed by atoms with van der Waals surface area (Å²) in [7, 11) is 2.78. The highest BCUT2D eigenvalue weighted by atomic mass is 16.6. The zero-order valence-electron chi connectivity index (χ0n) is 39.8. The van der Waals surface area contributed by atoms with Gasteiger partial charge in [0, 0.05) is 46.3 Å². The number of fused-ring (bicyclic) bond motifs is 5. The van der Waals surface area contributed by atoms with Crippen LogP contribution in [0.4, 0.5) is 4.79 Å². The zero-order valence-corrected chi connectivity index (χ0v) is 39.8. The van der Waals surface area contributed by atoms with Crippen LogP contribution in [0.25, 0.3) is 0 Å². The number of ketones is 1. The molecule has 17 nitrogen and oxygen atoms in total. The summed E-state index contributed by atoms with van der Waals surface area (Å²) in [5.74, 6) is -4.73. The monoisotopic (exact) mass is 923 g/mol. The summed E-state index contributed by atoms with van der Waals surface area (Å²) in [5, 5.41) is 28.0. The maximum absolute atomic E-state index is 15.5. The topological polar surface area (TPSA) is 229 Å². The highest BCUT2D eigenvalue weighted by molar-refractivity contribution is 5.94. The highest BCUT2D eigenvalue weighted by Crippen LogP contribution is 2.64. The number of ether oxygens (including phenoxy) is 8. The molecule has 362 valence electrons. The molecule has 11 atom stereocenters. The fourth-order valence-electron chi connectivity index (χ4n) is 10.3. The van der Waals surface area contributed by atoms with Crippen LogP contribution in [0.1, 0.15) is 104 Å². The average Bonchev–Trinajstić information content (AvgIpc) is 3.24. The minimum absolute atomic E-state index is 0.121. The maximum Gasteiger partial charge on any atom is 0.408 e. The third-order valence-electron chi connectivity index (χ3n) is 13.4. The minimum Gasteiger partial charge on any atom is -0.466 e. The van der Waals surface area contributed by atoms with Gasteiger partial charge in [0.1, 0.15) is 35.6 Å². The van der Waals surface area contributed by atoms with Crippen LogP contribution in [0.3, 0.4) is 0 Å². The van der Waals surface area contributed by atoms with Crippen molar-refractivity contribution in [3.8, 4) is 0 Å². The maximum atomic E-state index is 15.5. The number of alkyl carbamates (subject to hydrolysis) is 1. The molecule has 0 spiro atoms. The summed E-state index contributed by atoms with van der Waals surface area (Å²) < 4.78 is 46.8. The number of carbonyl (C=O) groups excluding carboxylic acids is 6. The molecule has 6 rings (SSSR count). The minimum atomic E-state index is -2.22. The van der Waals surface area contributed by atoms with Gasteiger partial charge in [0.25, 0.3) is 0 Å². The molecule has 1 unspecified atom stereocenters. The molecule has 2 aromatic carbocycles. The number of hydrogen-bond donors (Lipinski definition) is 3. The van der Waals surface area contributed by atoms with E-state index >= 15 is 4.79 Å². The van der Waals surface area contributed by atoms with E-state index in [1.54, 1.807) is 116 Å². The molecule has 66 heavy (non-hydrogen) atoms. The normalized spacial score (nSPS) is 30.7. The molecule has 3 aliphatic carbocycles. The molecule has 0 aromatic heterocycles. The van der Waals surface area contributed by atoms with Gasteiger partial charge in [-0.05, 0) is 70.4 Å². The number of esters is 4. The van der Waals surface area contributed by atoms with Crippen LogP contribution < -0.4 is 5.32 Å². The Kier molecular flexibility index (Phi) is 15.7. The molecule has 17 heteroatoms. The van der Waals surface area contributed by atoms with Crippen LogP contribution in [0.5, 0.6) is 0 Å². The predicted molar refractivity (Wildman–Crippen MR) is 235 cm³/mol. The average molecular weight is 924 g/mol. The van der Waals surface area contributed by atoms with E-state index in [0.29, 0.717) is 17.7 Å². The van der Waals surface area contributed by atoms with Crippen molar-refractivity contribution in [2.24, 2.45) is 16.7 Å². The van der Waals surface area contributed by atoms with E-state index in [2.05, 4.69) is 10.1 Å². The summed E-state index contributed by atoms with van der Waals surface area (Å²) >= 11 is 0. The Bertz CT molecular complexity index is 2150. The molecule has 2 saturated carbocycles. The van der Waals surface area contributed by atoms with Crippen LogP contribution in [0.15, 0.2) is 71.8 Å². The lowest BCUT2D eigenvalue weighted by Crippen LogP contribution is -2.82. The fourth-order valence-corrected chi connectivity index (χ4v) is 10.3. The van der Waals surface area contributed by atoms with Gasteiger partial charge in [-0.1, -0.05) is 62.4 Å². The summed E-state index contributed by atoms with van der Waals surface area (Å²) in [6.07, 6.45) is -9.31. The summed E-state index contributed by atoms with van der Waals surface area (Å²) in [4.78, 5) is 79.9. The van der Waals surface area contributed by atoms with Gasteiger partial charge in [0.05, 0.1) is 42.3 Å². The zero-order chi connectivity index (χ0) is 49.2. The molecule has 4 aliphatic rings. The molecule has 1 aliphatic heterocycles. The van der Waals surface area contributed by atoms with Crippen molar-refractivity contribution in [3.63, 3.8) is 0 Å². The van der Waals surface area contributed by atoms with Crippen LogP contribution in [-0.2, 0) is 57.1 Å². The van der Waals surface area contributed by atoms with E-state index in [-0.39, 0.29) is 30.1 Å². The third-order valence-corrected chi connectivity index (χ3v) is 13.4. The summed E-state index contributed by atoms with van der Waals surface area (Å²) in [6, 6.07) is 15.1. The largest absolute Gasteiger partial charge is 0.466 e. The van der Waals surface area contributed by atoms with E-state index < -0.39 is 112 Å². The Balaban J connectivity index is 0.00000127. The van der Waals surface area contributed by atoms with Crippen LogP contribution in [0.2, 0.25) is 0 Å². The second-order valence-electron chi connectivity index (χ2n) is 18.9. The molecule has 3 N–H and O–H groups in total. The number of methoxy groups -OCH3 is 2. The van der Waals surface area contributed by atoms with E-state index in [9.17, 15) is 34.2 Å². The number of aliphatic hydroxyl groups is 2. The van der Waals surface area contributed by atoms with Gasteiger partial charge in [-0.2, -0.15) is 0 Å². The Labute approximate surface area is 385 Å². The quantitative estimate of drug-likeness (QED) is 0.151. The first-order valence-corrected chi connectivity index (χ1v) is 22.0. The Morgan fingerprint density at radius 1 is 0.909 bits per heavy atom. The summed E-state index contributed by atoms with van der Waals surface area (Å²) in [5.41, 5.74) is -6.72. The molecule has 0 radical (unpaired) electrons. The second-order valence-corrected chi connectivity index (χ2v) is 18.9. The van der Waals surface area contributed by atoms with Crippen molar-refractivity contribution in [2.75, 3.05) is 27.4 Å². The van der Waals surface area contributed by atoms with Crippen molar-refractivity contribution in [3.05, 3.63) is 82.9 Å². The van der Waals surface area contributed by atoms with Crippen molar-refractivity contribution >= 4 is 35.8 Å². The first-order chi connectivity index (χ1) is 30.8. The molecule has 3 fully saturated rings. The Hall–Kier alpha value is -5.20. The van der Waals surface area contributed by atoms with E-state index in [4.69, 9.17) is 33.2 Å². The lowest BCUT2D eigenvalue weighted by Gasteiger charge is -2.67. The number of Topliss-reactive ketones (excluding diaryl/α,β-unsaturated/α-hetero) is 1. The van der Waals surface area contributed by atoms with Crippen LogP contribution in [-0.4, -0.2) is 127 Å². The van der Waals surface area contributed by atoms with Crippen molar-refractivity contribution in [1.82, 2.24) is 5.32 Å². The smallest absolute Gasteiger partial charge is 0.408 e. The van der Waals surface area contributed by atoms with Gasteiger partial charge in [0.2, 0.25) is 0 Å². The lowest BCUT2D eigenvalue weighted by molar-refractivity contribution is -0.347. The third kappa shape index (κ3) is 9.77. The number of carbonyl (C=O) groups is 6. The van der Waals surface area contributed by atoms with E-state index in [1.807, 2.05) is 0 Å².